The van der Waals surface area contributed by atoms with Gasteiger partial charge in [-0.05, 0) is 54.8 Å². The topological polar surface area (TPSA) is 25.4 Å². The van der Waals surface area contributed by atoms with Crippen LogP contribution in [0.3, 0.4) is 0 Å². The molecule has 0 bridgehead atoms. The molecule has 0 amide bonds. The first-order valence-electron chi connectivity index (χ1n) is 6.20. The number of piperidine rings is 1. The quantitative estimate of drug-likeness (QED) is 0.857. The van der Waals surface area contributed by atoms with Gasteiger partial charge in [-0.3, -0.25) is 0 Å². The Morgan fingerprint density at radius 3 is 3.06 bits per heavy atom. The van der Waals surface area contributed by atoms with Crippen molar-refractivity contribution >= 4 is 21.7 Å². The Labute approximate surface area is 111 Å². The predicted octanol–water partition coefficient (Wildman–Crippen LogP) is 3.16. The monoisotopic (exact) mass is 298 g/mol. The standard InChI is InChI=1S/C13H19BrN2O/c1-3-17-11-5-4-8-16(9-11)13-7-6-12(14)10(2)15-13/h6-7,11H,3-5,8-9H2,1-2H3. The predicted molar refractivity (Wildman–Crippen MR) is 73.5 cm³/mol. The highest BCUT2D eigenvalue weighted by atomic mass is 79.9. The van der Waals surface area contributed by atoms with Gasteiger partial charge in [0.15, 0.2) is 0 Å². The molecule has 1 fully saturated rings. The van der Waals surface area contributed by atoms with E-state index in [9.17, 15) is 0 Å². The van der Waals surface area contributed by atoms with Crippen LogP contribution >= 0.6 is 15.9 Å². The number of ether oxygens (including phenoxy) is 1. The molecule has 3 nitrogen and oxygen atoms in total. The summed E-state index contributed by atoms with van der Waals surface area (Å²) in [5, 5.41) is 0. The number of pyridine rings is 1. The van der Waals surface area contributed by atoms with E-state index in [4.69, 9.17) is 4.74 Å². The Morgan fingerprint density at radius 2 is 2.35 bits per heavy atom. The average Bonchev–Trinajstić information content (AvgIpc) is 2.33. The zero-order valence-corrected chi connectivity index (χ0v) is 12.0. The first kappa shape index (κ1) is 12.8. The smallest absolute Gasteiger partial charge is 0.128 e. The summed E-state index contributed by atoms with van der Waals surface area (Å²) in [6, 6.07) is 4.15. The number of nitrogens with zero attached hydrogens (tertiary/aromatic N) is 2. The Balaban J connectivity index is 2.08. The van der Waals surface area contributed by atoms with E-state index in [1.54, 1.807) is 0 Å². The molecule has 94 valence electrons. The molecule has 1 unspecified atom stereocenters. The minimum Gasteiger partial charge on any atom is -0.377 e. The van der Waals surface area contributed by atoms with E-state index in [0.717, 1.165) is 35.7 Å². The van der Waals surface area contributed by atoms with Gasteiger partial charge in [0.05, 0.1) is 11.8 Å². The fourth-order valence-electron chi connectivity index (χ4n) is 2.22. The third-order valence-corrected chi connectivity index (χ3v) is 3.95. The van der Waals surface area contributed by atoms with Gasteiger partial charge in [-0.2, -0.15) is 0 Å². The van der Waals surface area contributed by atoms with Gasteiger partial charge in [0.25, 0.3) is 0 Å². The van der Waals surface area contributed by atoms with Crippen LogP contribution in [0.15, 0.2) is 16.6 Å². The van der Waals surface area contributed by atoms with Gasteiger partial charge in [0.1, 0.15) is 5.82 Å². The average molecular weight is 299 g/mol. The minimum atomic E-state index is 0.361. The van der Waals surface area contributed by atoms with Gasteiger partial charge in [0, 0.05) is 24.2 Å². The molecule has 2 rings (SSSR count). The zero-order valence-electron chi connectivity index (χ0n) is 10.4. The van der Waals surface area contributed by atoms with Crippen molar-refractivity contribution in [3.63, 3.8) is 0 Å². The summed E-state index contributed by atoms with van der Waals surface area (Å²) < 4.78 is 6.78. The number of anilines is 1. The van der Waals surface area contributed by atoms with Crippen LogP contribution < -0.4 is 4.90 Å². The van der Waals surface area contributed by atoms with Crippen LogP contribution in [-0.4, -0.2) is 30.8 Å². The maximum absolute atomic E-state index is 5.71. The summed E-state index contributed by atoms with van der Waals surface area (Å²) in [5.41, 5.74) is 1.04. The maximum atomic E-state index is 5.71. The van der Waals surface area contributed by atoms with Crippen molar-refractivity contribution in [3.05, 3.63) is 22.3 Å². The molecule has 0 aromatic carbocycles. The van der Waals surface area contributed by atoms with E-state index in [1.165, 1.54) is 12.8 Å². The molecule has 1 aliphatic heterocycles. The number of aryl methyl sites for hydroxylation is 1. The summed E-state index contributed by atoms with van der Waals surface area (Å²) in [6.45, 7) is 6.92. The largest absolute Gasteiger partial charge is 0.377 e. The van der Waals surface area contributed by atoms with Crippen molar-refractivity contribution in [3.8, 4) is 0 Å². The van der Waals surface area contributed by atoms with E-state index >= 15 is 0 Å². The number of halogens is 1. The molecule has 1 aliphatic rings. The number of hydrogen-bond donors (Lipinski definition) is 0. The molecule has 0 aliphatic carbocycles. The van der Waals surface area contributed by atoms with E-state index < -0.39 is 0 Å². The highest BCUT2D eigenvalue weighted by molar-refractivity contribution is 9.10. The molecular weight excluding hydrogens is 280 g/mol. The lowest BCUT2D eigenvalue weighted by atomic mass is 10.1. The summed E-state index contributed by atoms with van der Waals surface area (Å²) in [4.78, 5) is 6.94. The van der Waals surface area contributed by atoms with Gasteiger partial charge >= 0.3 is 0 Å². The fraction of sp³-hybridized carbons (Fsp3) is 0.615. The molecule has 0 N–H and O–H groups in total. The van der Waals surface area contributed by atoms with E-state index in [0.29, 0.717) is 6.10 Å². The lowest BCUT2D eigenvalue weighted by molar-refractivity contribution is 0.0525. The van der Waals surface area contributed by atoms with Gasteiger partial charge in [0.2, 0.25) is 0 Å². The van der Waals surface area contributed by atoms with Crippen molar-refractivity contribution in [2.45, 2.75) is 32.8 Å². The number of aromatic nitrogens is 1. The third-order valence-electron chi connectivity index (χ3n) is 3.11. The molecule has 1 aromatic rings. The Hall–Kier alpha value is -0.610. The molecule has 1 aromatic heterocycles. The van der Waals surface area contributed by atoms with Gasteiger partial charge in [-0.25, -0.2) is 4.98 Å². The van der Waals surface area contributed by atoms with Gasteiger partial charge in [-0.1, -0.05) is 0 Å². The van der Waals surface area contributed by atoms with Crippen LogP contribution in [0.2, 0.25) is 0 Å². The van der Waals surface area contributed by atoms with Crippen molar-refractivity contribution in [1.82, 2.24) is 4.98 Å². The molecule has 1 saturated heterocycles. The van der Waals surface area contributed by atoms with E-state index in [-0.39, 0.29) is 0 Å². The molecule has 1 atom stereocenters. The van der Waals surface area contributed by atoms with Crippen molar-refractivity contribution in [2.24, 2.45) is 0 Å². The SMILES string of the molecule is CCOC1CCCN(c2ccc(Br)c(C)n2)C1. The Kier molecular flexibility index (Phi) is 4.40. The molecular formula is C13H19BrN2O. The highest BCUT2D eigenvalue weighted by Gasteiger charge is 2.21. The van der Waals surface area contributed by atoms with Crippen LogP contribution in [0, 0.1) is 6.92 Å². The second kappa shape index (κ2) is 5.83. The maximum Gasteiger partial charge on any atom is 0.128 e. The van der Waals surface area contributed by atoms with E-state index in [1.807, 2.05) is 6.92 Å². The van der Waals surface area contributed by atoms with Gasteiger partial charge < -0.3 is 9.64 Å². The van der Waals surface area contributed by atoms with Crippen LogP contribution in [-0.2, 0) is 4.74 Å². The summed E-state index contributed by atoms with van der Waals surface area (Å²) in [7, 11) is 0. The zero-order chi connectivity index (χ0) is 12.3. The summed E-state index contributed by atoms with van der Waals surface area (Å²) in [6.07, 6.45) is 2.71. The first-order chi connectivity index (χ1) is 8.20. The lowest BCUT2D eigenvalue weighted by Crippen LogP contribution is -2.40. The lowest BCUT2D eigenvalue weighted by Gasteiger charge is -2.33. The second-order valence-corrected chi connectivity index (χ2v) is 5.26. The third kappa shape index (κ3) is 3.19. The molecule has 2 heterocycles. The van der Waals surface area contributed by atoms with Gasteiger partial charge in [-0.15, -0.1) is 0 Å². The normalized spacial score (nSPS) is 20.6. The number of hydrogen-bond acceptors (Lipinski definition) is 3. The number of rotatable bonds is 3. The fourth-order valence-corrected chi connectivity index (χ4v) is 2.45. The van der Waals surface area contributed by atoms with Crippen LogP contribution in [0.5, 0.6) is 0 Å². The first-order valence-corrected chi connectivity index (χ1v) is 6.99. The van der Waals surface area contributed by atoms with Crippen molar-refractivity contribution in [1.29, 1.82) is 0 Å². The van der Waals surface area contributed by atoms with Crippen LogP contribution in [0.1, 0.15) is 25.5 Å². The molecule has 0 spiro atoms. The van der Waals surface area contributed by atoms with Crippen LogP contribution in [0.4, 0.5) is 5.82 Å². The molecule has 0 radical (unpaired) electrons. The Bertz CT molecular complexity index is 382. The highest BCUT2D eigenvalue weighted by Crippen LogP contribution is 2.22. The summed E-state index contributed by atoms with van der Waals surface area (Å²) in [5.74, 6) is 1.06. The molecule has 4 heteroatoms. The Morgan fingerprint density at radius 1 is 1.53 bits per heavy atom. The molecule has 17 heavy (non-hydrogen) atoms. The van der Waals surface area contributed by atoms with Crippen LogP contribution in [0.25, 0.3) is 0 Å². The van der Waals surface area contributed by atoms with E-state index in [2.05, 4.69) is 44.9 Å². The minimum absolute atomic E-state index is 0.361. The molecule has 0 saturated carbocycles. The second-order valence-electron chi connectivity index (χ2n) is 4.40. The van der Waals surface area contributed by atoms with Crippen molar-refractivity contribution in [2.75, 3.05) is 24.6 Å². The summed E-state index contributed by atoms with van der Waals surface area (Å²) >= 11 is 3.48. The van der Waals surface area contributed by atoms with Crippen molar-refractivity contribution < 1.29 is 4.74 Å².